The molecule has 1 aliphatic rings. The second-order valence-electron chi connectivity index (χ2n) is 10.3. The van der Waals surface area contributed by atoms with Crippen LogP contribution in [0.3, 0.4) is 0 Å². The number of likely N-dealkylation sites (N-methyl/N-ethyl adjacent to an activating group) is 1. The number of nitrogens with zero attached hydrogens (tertiary/aromatic N) is 2. The number of nitrogens with one attached hydrogen (secondary N) is 2. The number of carbonyl (C=O) groups excluding carboxylic acids is 2. The Labute approximate surface area is 248 Å². The van der Waals surface area contributed by atoms with Crippen LogP contribution in [-0.2, 0) is 19.6 Å². The van der Waals surface area contributed by atoms with Crippen LogP contribution in [-0.4, -0.2) is 64.7 Å². The number of benzene rings is 3. The van der Waals surface area contributed by atoms with Gasteiger partial charge in [-0.1, -0.05) is 49.7 Å². The van der Waals surface area contributed by atoms with Crippen LogP contribution >= 0.6 is 0 Å². The Morgan fingerprint density at radius 2 is 1.64 bits per heavy atom. The molecule has 0 aliphatic carbocycles. The number of hydrogen-bond donors (Lipinski definition) is 2. The lowest BCUT2D eigenvalue weighted by Crippen LogP contribution is -2.38. The number of fused-ring (bicyclic) bond motifs is 1. The van der Waals surface area contributed by atoms with Gasteiger partial charge in [-0.05, 0) is 69.4 Å². The molecule has 0 bridgehead atoms. The van der Waals surface area contributed by atoms with Crippen molar-refractivity contribution in [3.63, 3.8) is 0 Å². The van der Waals surface area contributed by atoms with E-state index in [0.717, 1.165) is 12.0 Å². The van der Waals surface area contributed by atoms with Gasteiger partial charge in [0.25, 0.3) is 5.91 Å². The van der Waals surface area contributed by atoms with Crippen molar-refractivity contribution in [2.45, 2.75) is 26.7 Å². The molecule has 3 aromatic rings. The van der Waals surface area contributed by atoms with Crippen molar-refractivity contribution in [2.75, 3.05) is 54.5 Å². The van der Waals surface area contributed by atoms with Gasteiger partial charge in [0.15, 0.2) is 0 Å². The summed E-state index contributed by atoms with van der Waals surface area (Å²) >= 11 is 0. The highest BCUT2D eigenvalue weighted by Gasteiger charge is 2.29. The number of hydrogen-bond acceptors (Lipinski definition) is 7. The number of unbranched alkanes of at least 4 members (excludes halogenated alkanes) is 1. The third-order valence-corrected chi connectivity index (χ3v) is 8.72. The summed E-state index contributed by atoms with van der Waals surface area (Å²) in [6, 6.07) is 21.7. The van der Waals surface area contributed by atoms with Gasteiger partial charge in [-0.3, -0.25) is 9.10 Å². The first-order valence-electron chi connectivity index (χ1n) is 14.1. The maximum Gasteiger partial charge on any atom is 0.338 e. The molecule has 1 amide bonds. The Hall–Kier alpha value is -4.15. The zero-order chi connectivity index (χ0) is 30.3. The first kappa shape index (κ1) is 30.8. The van der Waals surface area contributed by atoms with Gasteiger partial charge in [-0.15, -0.1) is 0 Å². The maximum atomic E-state index is 13.3. The molecule has 1 heterocycles. The van der Waals surface area contributed by atoms with Gasteiger partial charge in [0.2, 0.25) is 10.0 Å². The molecule has 0 spiro atoms. The molecule has 0 saturated carbocycles. The van der Waals surface area contributed by atoms with Crippen molar-refractivity contribution in [1.82, 2.24) is 4.90 Å². The molecule has 9 nitrogen and oxygen atoms in total. The molecule has 0 unspecified atom stereocenters. The fourth-order valence-electron chi connectivity index (χ4n) is 4.66. The predicted molar refractivity (Wildman–Crippen MR) is 169 cm³/mol. The fourth-order valence-corrected chi connectivity index (χ4v) is 6.33. The number of sulfonamides is 1. The Bertz CT molecular complexity index is 1550. The Morgan fingerprint density at radius 3 is 2.29 bits per heavy atom. The van der Waals surface area contributed by atoms with Gasteiger partial charge in [0.1, 0.15) is 0 Å². The van der Waals surface area contributed by atoms with Crippen molar-refractivity contribution in [3.8, 4) is 0 Å². The lowest BCUT2D eigenvalue weighted by molar-refractivity contribution is -0.110. The van der Waals surface area contributed by atoms with Crippen LogP contribution < -0.4 is 14.9 Å². The zero-order valence-electron chi connectivity index (χ0n) is 24.5. The van der Waals surface area contributed by atoms with Crippen molar-refractivity contribution >= 4 is 50.2 Å². The topological polar surface area (TPSA) is 108 Å². The first-order chi connectivity index (χ1) is 20.1. The molecule has 10 heteroatoms. The second kappa shape index (κ2) is 13.7. The Balaban J connectivity index is 1.71. The van der Waals surface area contributed by atoms with Crippen LogP contribution in [0, 0.1) is 0 Å². The van der Waals surface area contributed by atoms with Crippen LogP contribution in [0.2, 0.25) is 0 Å². The van der Waals surface area contributed by atoms with Gasteiger partial charge in [0, 0.05) is 24.3 Å². The number of anilines is 3. The van der Waals surface area contributed by atoms with Crippen LogP contribution in [0.15, 0.2) is 72.8 Å². The highest BCUT2D eigenvalue weighted by atomic mass is 32.2. The summed E-state index contributed by atoms with van der Waals surface area (Å²) in [5.74, 6) is -0.663. The number of ether oxygens (including phenoxy) is 1. The van der Waals surface area contributed by atoms with E-state index in [-0.39, 0.29) is 18.3 Å². The minimum Gasteiger partial charge on any atom is -0.462 e. The van der Waals surface area contributed by atoms with E-state index in [1.54, 1.807) is 37.3 Å². The smallest absolute Gasteiger partial charge is 0.338 e. The Kier molecular flexibility index (Phi) is 10.0. The highest BCUT2D eigenvalue weighted by Crippen LogP contribution is 2.38. The molecular weight excluding hydrogens is 552 g/mol. The molecule has 0 fully saturated rings. The molecule has 0 aromatic heterocycles. The highest BCUT2D eigenvalue weighted by molar-refractivity contribution is 7.92. The molecule has 0 radical (unpaired) electrons. The summed E-state index contributed by atoms with van der Waals surface area (Å²) < 4.78 is 33.0. The largest absolute Gasteiger partial charge is 0.462 e. The van der Waals surface area contributed by atoms with Gasteiger partial charge < -0.3 is 20.3 Å². The molecular formula is C32H38N4O5S. The van der Waals surface area contributed by atoms with Crippen molar-refractivity contribution in [2.24, 2.45) is 0 Å². The van der Waals surface area contributed by atoms with E-state index in [1.807, 2.05) is 68.4 Å². The summed E-state index contributed by atoms with van der Waals surface area (Å²) in [6.07, 6.45) is 1.39. The van der Waals surface area contributed by atoms with Gasteiger partial charge in [-0.25, -0.2) is 13.2 Å². The van der Waals surface area contributed by atoms with E-state index in [0.29, 0.717) is 59.0 Å². The van der Waals surface area contributed by atoms with Gasteiger partial charge >= 0.3 is 5.97 Å². The summed E-state index contributed by atoms with van der Waals surface area (Å²) in [4.78, 5) is 27.5. The first-order valence-corrected chi connectivity index (χ1v) is 15.7. The number of rotatable bonds is 13. The maximum absolute atomic E-state index is 13.3. The number of carbonyl (C=O) groups is 2. The summed E-state index contributed by atoms with van der Waals surface area (Å²) in [5.41, 5.74) is 4.64. The van der Waals surface area contributed by atoms with E-state index >= 15 is 0 Å². The predicted octanol–water partition coefficient (Wildman–Crippen LogP) is 5.29. The average Bonchev–Trinajstić information content (AvgIpc) is 3.30. The lowest BCUT2D eigenvalue weighted by atomic mass is 9.99. The molecule has 0 saturated heterocycles. The van der Waals surface area contributed by atoms with E-state index in [4.69, 9.17) is 4.74 Å². The summed E-state index contributed by atoms with van der Waals surface area (Å²) in [6.45, 7) is 4.90. The van der Waals surface area contributed by atoms with Gasteiger partial charge in [0.05, 0.1) is 40.6 Å². The standard InChI is InChI=1S/C32H38N4O5S/c1-5-7-21-42(39,40)36(20-19-35(3)4)26-16-14-25(15-17-26)33-30(23-11-9-8-10-12-23)29-27-18-13-24(32(38)41-6-2)22-28(27)34-31(29)37/h8-18,22,33H,5-7,19-21H2,1-4H3,(H,34,37)/b30-29-. The minimum atomic E-state index is -3.49. The minimum absolute atomic E-state index is 0.0909. The molecule has 222 valence electrons. The molecule has 1 aliphatic heterocycles. The molecule has 4 rings (SSSR count). The van der Waals surface area contributed by atoms with E-state index in [1.165, 1.54) is 4.31 Å². The number of esters is 1. The normalized spacial score (nSPS) is 13.9. The average molecular weight is 591 g/mol. The molecule has 2 N–H and O–H groups in total. The van der Waals surface area contributed by atoms with Crippen molar-refractivity contribution in [1.29, 1.82) is 0 Å². The SMILES string of the molecule is CCCCS(=O)(=O)N(CCN(C)C)c1ccc(N/C(=C2\C(=O)Nc3cc(C(=O)OCC)ccc32)c2ccccc2)cc1. The van der Waals surface area contributed by atoms with Crippen molar-refractivity contribution in [3.05, 3.63) is 89.5 Å². The zero-order valence-corrected chi connectivity index (χ0v) is 25.3. The Morgan fingerprint density at radius 1 is 0.929 bits per heavy atom. The van der Waals surface area contributed by atoms with Crippen molar-refractivity contribution < 1.29 is 22.7 Å². The number of amides is 1. The quantitative estimate of drug-likeness (QED) is 0.206. The fraction of sp³-hybridized carbons (Fsp3) is 0.312. The third-order valence-electron chi connectivity index (χ3n) is 6.85. The second-order valence-corrected chi connectivity index (χ2v) is 12.3. The van der Waals surface area contributed by atoms with E-state index in [2.05, 4.69) is 10.6 Å². The van der Waals surface area contributed by atoms with E-state index < -0.39 is 16.0 Å². The monoisotopic (exact) mass is 590 g/mol. The molecule has 3 aromatic carbocycles. The van der Waals surface area contributed by atoms with Crippen LogP contribution in [0.25, 0.3) is 11.3 Å². The van der Waals surface area contributed by atoms with Crippen LogP contribution in [0.5, 0.6) is 0 Å². The molecule has 0 atom stereocenters. The van der Waals surface area contributed by atoms with E-state index in [9.17, 15) is 18.0 Å². The summed E-state index contributed by atoms with van der Waals surface area (Å²) in [5, 5.41) is 6.29. The lowest BCUT2D eigenvalue weighted by Gasteiger charge is -2.26. The van der Waals surface area contributed by atoms with Gasteiger partial charge in [-0.2, -0.15) is 0 Å². The van der Waals surface area contributed by atoms with Crippen LogP contribution in [0.1, 0.15) is 48.2 Å². The third kappa shape index (κ3) is 7.18. The summed E-state index contributed by atoms with van der Waals surface area (Å²) in [7, 11) is 0.340. The molecule has 42 heavy (non-hydrogen) atoms. The van der Waals surface area contributed by atoms with Crippen LogP contribution in [0.4, 0.5) is 17.1 Å².